The van der Waals surface area contributed by atoms with Gasteiger partial charge in [-0.25, -0.2) is 4.98 Å². The first-order valence-electron chi connectivity index (χ1n) is 13.1. The number of nitrogens with zero attached hydrogens (tertiary/aromatic N) is 1. The highest BCUT2D eigenvalue weighted by Gasteiger charge is 2.18. The maximum atomic E-state index is 6.00. The number of furan rings is 1. The molecule has 0 aliphatic carbocycles. The molecule has 0 saturated heterocycles. The van der Waals surface area contributed by atoms with E-state index in [1.165, 1.54) is 44.2 Å². The van der Waals surface area contributed by atoms with Gasteiger partial charge in [-0.2, -0.15) is 0 Å². The van der Waals surface area contributed by atoms with Crippen molar-refractivity contribution in [3.8, 4) is 33.5 Å². The van der Waals surface area contributed by atoms with Crippen LogP contribution in [0.1, 0.15) is 30.5 Å². The van der Waals surface area contributed by atoms with Crippen LogP contribution in [0, 0.1) is 19.8 Å². The molecule has 182 valence electrons. The summed E-state index contributed by atoms with van der Waals surface area (Å²) in [4.78, 5) is 5.06. The molecule has 2 heteroatoms. The molecule has 6 rings (SSSR count). The Morgan fingerprint density at radius 3 is 2.22 bits per heavy atom. The van der Waals surface area contributed by atoms with Crippen molar-refractivity contribution in [3.05, 3.63) is 114 Å². The smallest absolute Gasteiger partial charge is 0.160 e. The van der Waals surface area contributed by atoms with Crippen LogP contribution in [0.5, 0.6) is 0 Å². The highest BCUT2D eigenvalue weighted by molar-refractivity contribution is 6.01. The highest BCUT2D eigenvalue weighted by Crippen LogP contribution is 2.39. The summed E-state index contributed by atoms with van der Waals surface area (Å²) in [6.07, 6.45) is 2.83. The predicted octanol–water partition coefficient (Wildman–Crippen LogP) is 9.80. The summed E-state index contributed by atoms with van der Waals surface area (Å²) >= 11 is 0. The Labute approximate surface area is 218 Å². The van der Waals surface area contributed by atoms with Crippen molar-refractivity contribution in [1.82, 2.24) is 4.98 Å². The Balaban J connectivity index is 1.58. The Hall–Kier alpha value is -4.17. The normalized spacial score (nSPS) is 11.6. The summed E-state index contributed by atoms with van der Waals surface area (Å²) < 4.78 is 6.00. The minimum absolute atomic E-state index is 0.626. The van der Waals surface area contributed by atoms with E-state index in [-0.39, 0.29) is 0 Å². The van der Waals surface area contributed by atoms with Gasteiger partial charge in [0.05, 0.1) is 12.0 Å². The number of pyridine rings is 1. The molecule has 0 amide bonds. The molecule has 2 nitrogen and oxygen atoms in total. The zero-order valence-electron chi connectivity index (χ0n) is 21.9. The molecule has 0 fully saturated rings. The molecule has 0 bridgehead atoms. The van der Waals surface area contributed by atoms with Gasteiger partial charge in [0.1, 0.15) is 5.52 Å². The van der Waals surface area contributed by atoms with Crippen LogP contribution in [0.4, 0.5) is 0 Å². The van der Waals surface area contributed by atoms with E-state index in [1.54, 1.807) is 6.26 Å². The zero-order valence-corrected chi connectivity index (χ0v) is 21.9. The van der Waals surface area contributed by atoms with Crippen LogP contribution < -0.4 is 0 Å². The Morgan fingerprint density at radius 1 is 0.730 bits per heavy atom. The van der Waals surface area contributed by atoms with Gasteiger partial charge in [0.2, 0.25) is 0 Å². The molecule has 2 heterocycles. The van der Waals surface area contributed by atoms with Gasteiger partial charge in [-0.15, -0.1) is 0 Å². The van der Waals surface area contributed by atoms with E-state index in [0.29, 0.717) is 5.92 Å². The average Bonchev–Trinajstić information content (AvgIpc) is 3.37. The summed E-state index contributed by atoms with van der Waals surface area (Å²) in [6, 6.07) is 32.6. The largest absolute Gasteiger partial charge is 0.462 e. The molecule has 0 aliphatic heterocycles. The molecular formula is C35H31NO. The van der Waals surface area contributed by atoms with Gasteiger partial charge < -0.3 is 4.42 Å². The van der Waals surface area contributed by atoms with Crippen molar-refractivity contribution in [2.75, 3.05) is 0 Å². The molecule has 0 unspecified atom stereocenters. The second kappa shape index (κ2) is 9.37. The molecule has 0 radical (unpaired) electrons. The van der Waals surface area contributed by atoms with Crippen LogP contribution in [0.15, 0.2) is 102 Å². The van der Waals surface area contributed by atoms with Crippen LogP contribution in [-0.4, -0.2) is 4.98 Å². The van der Waals surface area contributed by atoms with Crippen LogP contribution in [0.3, 0.4) is 0 Å². The van der Waals surface area contributed by atoms with E-state index in [9.17, 15) is 0 Å². The Morgan fingerprint density at radius 2 is 1.46 bits per heavy atom. The average molecular weight is 482 g/mol. The number of rotatable bonds is 5. The summed E-state index contributed by atoms with van der Waals surface area (Å²) in [5.74, 6) is 0.626. The van der Waals surface area contributed by atoms with Gasteiger partial charge in [-0.05, 0) is 88.5 Å². The molecule has 0 aliphatic rings. The number of aromatic nitrogens is 1. The number of aryl methyl sites for hydroxylation is 2. The second-order valence-electron chi connectivity index (χ2n) is 10.5. The summed E-state index contributed by atoms with van der Waals surface area (Å²) in [5, 5.41) is 2.45. The quantitative estimate of drug-likeness (QED) is 0.245. The van der Waals surface area contributed by atoms with Crippen LogP contribution in [-0.2, 0) is 6.42 Å². The Bertz CT molecular complexity index is 1720. The van der Waals surface area contributed by atoms with E-state index in [1.807, 2.05) is 6.07 Å². The Kier molecular flexibility index (Phi) is 5.88. The molecule has 37 heavy (non-hydrogen) atoms. The van der Waals surface area contributed by atoms with Crippen molar-refractivity contribution in [2.45, 2.75) is 34.1 Å². The van der Waals surface area contributed by atoms with Crippen LogP contribution >= 0.6 is 0 Å². The topological polar surface area (TPSA) is 26.0 Å². The lowest BCUT2D eigenvalue weighted by Crippen LogP contribution is -1.98. The third kappa shape index (κ3) is 4.34. The van der Waals surface area contributed by atoms with Crippen molar-refractivity contribution < 1.29 is 4.42 Å². The fraction of sp³-hybridized carbons (Fsp3) is 0.171. The lowest BCUT2D eigenvalue weighted by atomic mass is 9.89. The van der Waals surface area contributed by atoms with Gasteiger partial charge in [-0.3, -0.25) is 0 Å². The van der Waals surface area contributed by atoms with Crippen molar-refractivity contribution in [2.24, 2.45) is 5.92 Å². The fourth-order valence-electron chi connectivity index (χ4n) is 5.67. The molecular weight excluding hydrogens is 450 g/mol. The summed E-state index contributed by atoms with van der Waals surface area (Å²) in [5.41, 5.74) is 12.5. The molecule has 0 saturated carbocycles. The van der Waals surface area contributed by atoms with Gasteiger partial charge in [0.25, 0.3) is 0 Å². The predicted molar refractivity (Wildman–Crippen MR) is 156 cm³/mol. The molecule has 4 aromatic carbocycles. The third-order valence-corrected chi connectivity index (χ3v) is 7.16. The number of fused-ring (bicyclic) bond motifs is 2. The van der Waals surface area contributed by atoms with E-state index in [2.05, 4.69) is 113 Å². The van der Waals surface area contributed by atoms with E-state index < -0.39 is 0 Å². The number of benzene rings is 4. The molecule has 0 N–H and O–H groups in total. The summed E-state index contributed by atoms with van der Waals surface area (Å²) in [7, 11) is 0. The first-order valence-corrected chi connectivity index (χ1v) is 13.1. The second-order valence-corrected chi connectivity index (χ2v) is 10.5. The minimum Gasteiger partial charge on any atom is -0.462 e. The van der Waals surface area contributed by atoms with Crippen molar-refractivity contribution >= 4 is 21.9 Å². The lowest BCUT2D eigenvalue weighted by molar-refractivity contribution is 0.616. The first-order chi connectivity index (χ1) is 18.0. The van der Waals surface area contributed by atoms with Gasteiger partial charge >= 0.3 is 0 Å². The third-order valence-electron chi connectivity index (χ3n) is 7.16. The molecule has 2 aromatic heterocycles. The van der Waals surface area contributed by atoms with Crippen LogP contribution in [0.2, 0.25) is 0 Å². The number of hydrogen-bond donors (Lipinski definition) is 0. The number of hydrogen-bond acceptors (Lipinski definition) is 2. The molecule has 0 atom stereocenters. The van der Waals surface area contributed by atoms with Crippen molar-refractivity contribution in [1.29, 1.82) is 0 Å². The lowest BCUT2D eigenvalue weighted by Gasteiger charge is -2.16. The first kappa shape index (κ1) is 23.2. The summed E-state index contributed by atoms with van der Waals surface area (Å²) in [6.45, 7) is 8.97. The highest BCUT2D eigenvalue weighted by atomic mass is 16.3. The van der Waals surface area contributed by atoms with Crippen LogP contribution in [0.25, 0.3) is 55.4 Å². The fourth-order valence-corrected chi connectivity index (χ4v) is 5.67. The monoisotopic (exact) mass is 481 g/mol. The maximum absolute atomic E-state index is 6.00. The van der Waals surface area contributed by atoms with E-state index >= 15 is 0 Å². The molecule has 6 aromatic rings. The minimum atomic E-state index is 0.626. The van der Waals surface area contributed by atoms with Gasteiger partial charge in [0, 0.05) is 17.2 Å². The van der Waals surface area contributed by atoms with E-state index in [0.717, 1.165) is 34.3 Å². The SMILES string of the molecule is Cc1cc(CC(C)C)cc(C)c1-c1cc(-c2cc(-c3ccccc3)c3ccccc3c2)nc2ccoc12. The van der Waals surface area contributed by atoms with Crippen molar-refractivity contribution in [3.63, 3.8) is 0 Å². The maximum Gasteiger partial charge on any atom is 0.160 e. The zero-order chi connectivity index (χ0) is 25.5. The van der Waals surface area contributed by atoms with Gasteiger partial charge in [0.15, 0.2) is 5.58 Å². The van der Waals surface area contributed by atoms with E-state index in [4.69, 9.17) is 9.40 Å². The standard InChI is InChI=1S/C35H31NO/c1-22(2)16-25-17-23(3)34(24(4)18-25)31-21-33(36-32-14-15-37-35(31)32)28-19-27-12-8-9-13-29(27)30(20-28)26-10-6-5-7-11-26/h5-15,17-22H,16H2,1-4H3. The molecule has 0 spiro atoms. The van der Waals surface area contributed by atoms with Gasteiger partial charge in [-0.1, -0.05) is 80.6 Å².